The van der Waals surface area contributed by atoms with Gasteiger partial charge in [0.2, 0.25) is 0 Å². The fraction of sp³-hybridized carbons (Fsp3) is 0.385. The number of aryl methyl sites for hydroxylation is 2. The third kappa shape index (κ3) is 1.98. The molecule has 17 heavy (non-hydrogen) atoms. The highest BCUT2D eigenvalue weighted by Crippen LogP contribution is 2.31. The topological polar surface area (TPSA) is 25.8 Å². The standard InChI is InChI=1S/C13H13ClN2S/c1-8-6-7-17-11(8)13-15-10-5-3-2-4-9(10)12(14)16-13/h6-7H,2-5H2,1H3. The first-order valence-corrected chi connectivity index (χ1v) is 7.11. The smallest absolute Gasteiger partial charge is 0.171 e. The first-order valence-electron chi connectivity index (χ1n) is 5.85. The Bertz CT molecular complexity index is 563. The third-order valence-corrected chi connectivity index (χ3v) is 4.52. The van der Waals surface area contributed by atoms with Crippen molar-refractivity contribution in [2.75, 3.05) is 0 Å². The van der Waals surface area contributed by atoms with Gasteiger partial charge in [-0.1, -0.05) is 11.6 Å². The average Bonchev–Trinajstić information content (AvgIpc) is 2.75. The monoisotopic (exact) mass is 264 g/mol. The van der Waals surface area contributed by atoms with Gasteiger partial charge >= 0.3 is 0 Å². The number of halogens is 1. The van der Waals surface area contributed by atoms with Crippen molar-refractivity contribution in [3.63, 3.8) is 0 Å². The maximum absolute atomic E-state index is 6.27. The van der Waals surface area contributed by atoms with Gasteiger partial charge in [-0.3, -0.25) is 0 Å². The molecule has 0 aliphatic heterocycles. The van der Waals surface area contributed by atoms with Crippen LogP contribution >= 0.6 is 22.9 Å². The molecule has 0 N–H and O–H groups in total. The van der Waals surface area contributed by atoms with Crippen LogP contribution in [0.15, 0.2) is 11.4 Å². The van der Waals surface area contributed by atoms with E-state index < -0.39 is 0 Å². The van der Waals surface area contributed by atoms with Crippen molar-refractivity contribution in [2.45, 2.75) is 32.6 Å². The quantitative estimate of drug-likeness (QED) is 0.727. The van der Waals surface area contributed by atoms with Gasteiger partial charge in [0.25, 0.3) is 0 Å². The summed E-state index contributed by atoms with van der Waals surface area (Å²) in [6.45, 7) is 2.09. The van der Waals surface area contributed by atoms with Gasteiger partial charge in [0.05, 0.1) is 4.88 Å². The van der Waals surface area contributed by atoms with Crippen molar-refractivity contribution in [3.05, 3.63) is 33.4 Å². The maximum atomic E-state index is 6.27. The van der Waals surface area contributed by atoms with Gasteiger partial charge in [-0.15, -0.1) is 11.3 Å². The average molecular weight is 265 g/mol. The predicted octanol–water partition coefficient (Wildman–Crippen LogP) is 4.05. The number of rotatable bonds is 1. The van der Waals surface area contributed by atoms with Gasteiger partial charge in [0.1, 0.15) is 5.15 Å². The second-order valence-electron chi connectivity index (χ2n) is 4.40. The molecule has 1 aliphatic rings. The van der Waals surface area contributed by atoms with E-state index in [2.05, 4.69) is 23.4 Å². The van der Waals surface area contributed by atoms with Crippen LogP contribution in [0.25, 0.3) is 10.7 Å². The van der Waals surface area contributed by atoms with Crippen LogP contribution in [0.4, 0.5) is 0 Å². The molecule has 3 rings (SSSR count). The molecule has 2 aromatic heterocycles. The lowest BCUT2D eigenvalue weighted by Crippen LogP contribution is -2.08. The first kappa shape index (κ1) is 11.2. The first-order chi connectivity index (χ1) is 8.25. The van der Waals surface area contributed by atoms with Crippen molar-refractivity contribution < 1.29 is 0 Å². The van der Waals surface area contributed by atoms with Crippen LogP contribution in [0.3, 0.4) is 0 Å². The molecule has 0 atom stereocenters. The number of nitrogens with zero attached hydrogens (tertiary/aromatic N) is 2. The molecule has 0 saturated heterocycles. The molecule has 2 aromatic rings. The molecule has 0 spiro atoms. The van der Waals surface area contributed by atoms with Crippen molar-refractivity contribution in [1.29, 1.82) is 0 Å². The highest BCUT2D eigenvalue weighted by molar-refractivity contribution is 7.13. The molecule has 0 aromatic carbocycles. The molecule has 1 aliphatic carbocycles. The van der Waals surface area contributed by atoms with Crippen molar-refractivity contribution in [3.8, 4) is 10.7 Å². The minimum Gasteiger partial charge on any atom is -0.232 e. The van der Waals surface area contributed by atoms with E-state index in [0.29, 0.717) is 5.15 Å². The van der Waals surface area contributed by atoms with E-state index in [1.54, 1.807) is 11.3 Å². The molecular weight excluding hydrogens is 252 g/mol. The van der Waals surface area contributed by atoms with E-state index >= 15 is 0 Å². The Kier molecular flexibility index (Phi) is 2.89. The second-order valence-corrected chi connectivity index (χ2v) is 5.68. The van der Waals surface area contributed by atoms with E-state index in [1.807, 2.05) is 0 Å². The van der Waals surface area contributed by atoms with E-state index in [1.165, 1.54) is 18.4 Å². The third-order valence-electron chi connectivity index (χ3n) is 3.20. The summed E-state index contributed by atoms with van der Waals surface area (Å²) in [6, 6.07) is 2.09. The summed E-state index contributed by atoms with van der Waals surface area (Å²) < 4.78 is 0. The van der Waals surface area contributed by atoms with E-state index in [4.69, 9.17) is 16.6 Å². The van der Waals surface area contributed by atoms with Crippen LogP contribution in [0.5, 0.6) is 0 Å². The molecule has 2 nitrogen and oxygen atoms in total. The van der Waals surface area contributed by atoms with Crippen molar-refractivity contribution in [1.82, 2.24) is 9.97 Å². The molecule has 4 heteroatoms. The highest BCUT2D eigenvalue weighted by atomic mass is 35.5. The van der Waals surface area contributed by atoms with Crippen LogP contribution in [0, 0.1) is 6.92 Å². The molecule has 0 fully saturated rings. The molecule has 88 valence electrons. The molecule has 0 unspecified atom stereocenters. The van der Waals surface area contributed by atoms with Crippen LogP contribution in [0.1, 0.15) is 29.7 Å². The lowest BCUT2D eigenvalue weighted by molar-refractivity contribution is 0.664. The SMILES string of the molecule is Cc1ccsc1-c1nc(Cl)c2c(n1)CCCC2. The summed E-state index contributed by atoms with van der Waals surface area (Å²) in [5.41, 5.74) is 3.54. The zero-order chi connectivity index (χ0) is 11.8. The maximum Gasteiger partial charge on any atom is 0.171 e. The number of hydrogen-bond acceptors (Lipinski definition) is 3. The fourth-order valence-electron chi connectivity index (χ4n) is 2.25. The number of aromatic nitrogens is 2. The molecule has 0 bridgehead atoms. The Hall–Kier alpha value is -0.930. The highest BCUT2D eigenvalue weighted by Gasteiger charge is 2.18. The summed E-state index contributed by atoms with van der Waals surface area (Å²) in [6.07, 6.45) is 4.48. The minimum absolute atomic E-state index is 0.650. The zero-order valence-corrected chi connectivity index (χ0v) is 11.2. The van der Waals surface area contributed by atoms with Crippen LogP contribution < -0.4 is 0 Å². The van der Waals surface area contributed by atoms with Gasteiger partial charge in [0, 0.05) is 11.3 Å². The summed E-state index contributed by atoms with van der Waals surface area (Å²) >= 11 is 7.95. The Balaban J connectivity index is 2.14. The van der Waals surface area contributed by atoms with Crippen molar-refractivity contribution >= 4 is 22.9 Å². The van der Waals surface area contributed by atoms with Gasteiger partial charge in [-0.2, -0.15) is 0 Å². The Morgan fingerprint density at radius 3 is 2.82 bits per heavy atom. The van der Waals surface area contributed by atoms with Gasteiger partial charge in [-0.25, -0.2) is 9.97 Å². The number of fused-ring (bicyclic) bond motifs is 1. The Morgan fingerprint density at radius 2 is 2.06 bits per heavy atom. The van der Waals surface area contributed by atoms with Crippen LogP contribution in [-0.2, 0) is 12.8 Å². The largest absolute Gasteiger partial charge is 0.232 e. The normalized spacial score (nSPS) is 14.7. The summed E-state index contributed by atoms with van der Waals surface area (Å²) in [4.78, 5) is 10.3. The second kappa shape index (κ2) is 4.39. The minimum atomic E-state index is 0.650. The van der Waals surface area contributed by atoms with Crippen LogP contribution in [-0.4, -0.2) is 9.97 Å². The van der Waals surface area contributed by atoms with E-state index in [0.717, 1.165) is 34.8 Å². The molecule has 2 heterocycles. The molecule has 0 saturated carbocycles. The van der Waals surface area contributed by atoms with Gasteiger partial charge in [0.15, 0.2) is 5.82 Å². The van der Waals surface area contributed by atoms with Gasteiger partial charge < -0.3 is 0 Å². The van der Waals surface area contributed by atoms with E-state index in [-0.39, 0.29) is 0 Å². The van der Waals surface area contributed by atoms with E-state index in [9.17, 15) is 0 Å². The van der Waals surface area contributed by atoms with Gasteiger partial charge in [-0.05, 0) is 49.6 Å². The predicted molar refractivity (Wildman–Crippen MR) is 71.7 cm³/mol. The molecular formula is C13H13ClN2S. The lowest BCUT2D eigenvalue weighted by atomic mass is 9.97. The molecule has 0 radical (unpaired) electrons. The fourth-order valence-corrected chi connectivity index (χ4v) is 3.39. The number of hydrogen-bond donors (Lipinski definition) is 0. The summed E-state index contributed by atoms with van der Waals surface area (Å²) in [5, 5.41) is 2.72. The van der Waals surface area contributed by atoms with Crippen LogP contribution in [0.2, 0.25) is 5.15 Å². The Labute approximate surface area is 110 Å². The number of thiophene rings is 1. The summed E-state index contributed by atoms with van der Waals surface area (Å²) in [5.74, 6) is 0.795. The zero-order valence-electron chi connectivity index (χ0n) is 9.66. The Morgan fingerprint density at radius 1 is 1.24 bits per heavy atom. The lowest BCUT2D eigenvalue weighted by Gasteiger charge is -2.16. The van der Waals surface area contributed by atoms with Crippen molar-refractivity contribution in [2.24, 2.45) is 0 Å². The summed E-state index contributed by atoms with van der Waals surface area (Å²) in [7, 11) is 0. The molecule has 0 amide bonds.